The van der Waals surface area contributed by atoms with Crippen LogP contribution in [-0.4, -0.2) is 72.5 Å². The van der Waals surface area contributed by atoms with Crippen molar-refractivity contribution in [2.45, 2.75) is 45.4 Å². The van der Waals surface area contributed by atoms with E-state index < -0.39 is 0 Å². The van der Waals surface area contributed by atoms with Crippen molar-refractivity contribution < 1.29 is 14.3 Å². The highest BCUT2D eigenvalue weighted by Gasteiger charge is 2.25. The molecule has 2 saturated heterocycles. The number of benzene rings is 1. The first kappa shape index (κ1) is 23.6. The minimum absolute atomic E-state index is 0.00496. The highest BCUT2D eigenvalue weighted by Crippen LogP contribution is 2.34. The SMILES string of the molecule is CCNC(=O)c1cc(OC)c2c(c1)nc(-c1ccc(N3CCC[C@@H]3C)nc1)n2C[C@@H]1CNCCO1. The number of carbonyl (C=O) groups is 1. The van der Waals surface area contributed by atoms with E-state index in [9.17, 15) is 4.79 Å². The van der Waals surface area contributed by atoms with Gasteiger partial charge in [-0.1, -0.05) is 0 Å². The van der Waals surface area contributed by atoms with Crippen molar-refractivity contribution in [1.82, 2.24) is 25.2 Å². The van der Waals surface area contributed by atoms with Crippen molar-refractivity contribution in [1.29, 1.82) is 0 Å². The summed E-state index contributed by atoms with van der Waals surface area (Å²) in [5.41, 5.74) is 3.00. The molecule has 0 bridgehead atoms. The molecule has 2 aliphatic heterocycles. The van der Waals surface area contributed by atoms with Gasteiger partial charge in [0.05, 0.1) is 31.9 Å². The minimum Gasteiger partial charge on any atom is -0.494 e. The lowest BCUT2D eigenvalue weighted by molar-refractivity contribution is 0.0191. The van der Waals surface area contributed by atoms with E-state index in [0.29, 0.717) is 42.6 Å². The quantitative estimate of drug-likeness (QED) is 0.539. The average Bonchev–Trinajstić information content (AvgIpc) is 3.48. The van der Waals surface area contributed by atoms with Gasteiger partial charge in [-0.15, -0.1) is 0 Å². The fourth-order valence-corrected chi connectivity index (χ4v) is 5.08. The summed E-state index contributed by atoms with van der Waals surface area (Å²) < 4.78 is 13.9. The number of nitrogens with one attached hydrogen (secondary N) is 2. The van der Waals surface area contributed by atoms with Crippen LogP contribution in [0.4, 0.5) is 5.82 Å². The van der Waals surface area contributed by atoms with E-state index in [2.05, 4.69) is 39.2 Å². The summed E-state index contributed by atoms with van der Waals surface area (Å²) in [4.78, 5) is 24.7. The van der Waals surface area contributed by atoms with Gasteiger partial charge in [-0.2, -0.15) is 0 Å². The molecule has 0 spiro atoms. The number of aromatic nitrogens is 3. The summed E-state index contributed by atoms with van der Waals surface area (Å²) in [5.74, 6) is 2.25. The molecule has 9 nitrogen and oxygen atoms in total. The number of methoxy groups -OCH3 is 1. The van der Waals surface area contributed by atoms with Crippen molar-refractivity contribution in [2.75, 3.05) is 44.8 Å². The number of carbonyl (C=O) groups excluding carboxylic acids is 1. The van der Waals surface area contributed by atoms with Gasteiger partial charge in [0.25, 0.3) is 5.91 Å². The van der Waals surface area contributed by atoms with E-state index in [1.165, 1.54) is 12.8 Å². The van der Waals surface area contributed by atoms with Crippen molar-refractivity contribution >= 4 is 22.8 Å². The third-order valence-electron chi connectivity index (χ3n) is 6.87. The molecular formula is C26H34N6O3. The molecule has 2 N–H and O–H groups in total. The van der Waals surface area contributed by atoms with Crippen molar-refractivity contribution in [3.05, 3.63) is 36.0 Å². The zero-order valence-electron chi connectivity index (χ0n) is 20.7. The number of morpholine rings is 1. The molecule has 4 heterocycles. The first-order valence-electron chi connectivity index (χ1n) is 12.5. The Balaban J connectivity index is 1.59. The number of imidazole rings is 1. The summed E-state index contributed by atoms with van der Waals surface area (Å²) in [7, 11) is 1.62. The fraction of sp³-hybridized carbons (Fsp3) is 0.500. The molecule has 9 heteroatoms. The zero-order chi connectivity index (χ0) is 24.4. The smallest absolute Gasteiger partial charge is 0.251 e. The number of nitrogens with zero attached hydrogens (tertiary/aromatic N) is 4. The number of amides is 1. The van der Waals surface area contributed by atoms with Gasteiger partial charge in [-0.05, 0) is 51.0 Å². The van der Waals surface area contributed by atoms with Gasteiger partial charge < -0.3 is 29.6 Å². The Morgan fingerprint density at radius 3 is 2.89 bits per heavy atom. The summed E-state index contributed by atoms with van der Waals surface area (Å²) in [6.07, 6.45) is 4.30. The Kier molecular flexibility index (Phi) is 6.88. The van der Waals surface area contributed by atoms with Gasteiger partial charge in [0.15, 0.2) is 0 Å². The Bertz CT molecular complexity index is 1190. The molecule has 2 aliphatic rings. The molecule has 2 fully saturated rings. The lowest BCUT2D eigenvalue weighted by atomic mass is 10.1. The first-order chi connectivity index (χ1) is 17.1. The van der Waals surface area contributed by atoms with Crippen LogP contribution in [0.1, 0.15) is 37.0 Å². The molecule has 3 aromatic rings. The third-order valence-corrected chi connectivity index (χ3v) is 6.87. The van der Waals surface area contributed by atoms with Crippen molar-refractivity contribution in [2.24, 2.45) is 0 Å². The van der Waals surface area contributed by atoms with Gasteiger partial charge in [-0.3, -0.25) is 4.79 Å². The molecule has 0 aliphatic carbocycles. The Labute approximate surface area is 205 Å². The van der Waals surface area contributed by atoms with Crippen LogP contribution in [0.25, 0.3) is 22.4 Å². The average molecular weight is 479 g/mol. The van der Waals surface area contributed by atoms with E-state index in [4.69, 9.17) is 19.4 Å². The topological polar surface area (TPSA) is 93.5 Å². The monoisotopic (exact) mass is 478 g/mol. The number of fused-ring (bicyclic) bond motifs is 1. The predicted molar refractivity (Wildman–Crippen MR) is 136 cm³/mol. The second-order valence-corrected chi connectivity index (χ2v) is 9.24. The summed E-state index contributed by atoms with van der Waals surface area (Å²) in [6.45, 7) is 8.65. The molecule has 1 aromatic carbocycles. The van der Waals surface area contributed by atoms with Gasteiger partial charge in [0, 0.05) is 49.5 Å². The largest absolute Gasteiger partial charge is 0.494 e. The molecule has 1 amide bonds. The van der Waals surface area contributed by atoms with Gasteiger partial charge in [0.2, 0.25) is 0 Å². The summed E-state index contributed by atoms with van der Waals surface area (Å²) >= 11 is 0. The Morgan fingerprint density at radius 2 is 2.23 bits per heavy atom. The lowest BCUT2D eigenvalue weighted by Gasteiger charge is -2.25. The fourth-order valence-electron chi connectivity index (χ4n) is 5.08. The van der Waals surface area contributed by atoms with Crippen LogP contribution in [0.5, 0.6) is 5.75 Å². The van der Waals surface area contributed by atoms with Gasteiger partial charge in [-0.25, -0.2) is 9.97 Å². The van der Waals surface area contributed by atoms with E-state index >= 15 is 0 Å². The van der Waals surface area contributed by atoms with Gasteiger partial charge in [0.1, 0.15) is 22.9 Å². The molecule has 2 aromatic heterocycles. The van der Waals surface area contributed by atoms with Crippen LogP contribution in [-0.2, 0) is 11.3 Å². The molecule has 5 rings (SSSR count). The standard InChI is InChI=1S/C26H34N6O3/c1-4-28-26(33)19-12-21-24(22(13-19)34-3)32(16-20-15-27-9-11-35-20)25(30-21)18-7-8-23(29-14-18)31-10-5-6-17(31)2/h7-8,12-14,17,20,27H,4-6,9-11,15-16H2,1-3H3,(H,28,33)/t17-,20-/m0/s1. The maximum atomic E-state index is 12.6. The maximum absolute atomic E-state index is 12.6. The number of hydrogen-bond acceptors (Lipinski definition) is 7. The summed E-state index contributed by atoms with van der Waals surface area (Å²) in [6, 6.07) is 8.28. The third kappa shape index (κ3) is 4.70. The number of rotatable bonds is 7. The van der Waals surface area contributed by atoms with Crippen LogP contribution in [0, 0.1) is 0 Å². The normalized spacial score (nSPS) is 20.4. The number of pyridine rings is 1. The van der Waals surface area contributed by atoms with E-state index in [1.54, 1.807) is 13.2 Å². The molecule has 186 valence electrons. The van der Waals surface area contributed by atoms with Crippen LogP contribution in [0.15, 0.2) is 30.5 Å². The second-order valence-electron chi connectivity index (χ2n) is 9.24. The molecule has 0 unspecified atom stereocenters. The number of hydrogen-bond donors (Lipinski definition) is 2. The van der Waals surface area contributed by atoms with Crippen molar-refractivity contribution in [3.63, 3.8) is 0 Å². The van der Waals surface area contributed by atoms with Crippen LogP contribution < -0.4 is 20.3 Å². The minimum atomic E-state index is -0.144. The van der Waals surface area contributed by atoms with Crippen LogP contribution in [0.2, 0.25) is 0 Å². The second kappa shape index (κ2) is 10.2. The Hall–Kier alpha value is -3.17. The lowest BCUT2D eigenvalue weighted by Crippen LogP contribution is -2.40. The zero-order valence-corrected chi connectivity index (χ0v) is 20.7. The van der Waals surface area contributed by atoms with Crippen LogP contribution >= 0.6 is 0 Å². The van der Waals surface area contributed by atoms with Gasteiger partial charge >= 0.3 is 0 Å². The number of ether oxygens (including phenoxy) is 2. The van der Waals surface area contributed by atoms with E-state index in [1.807, 2.05) is 19.2 Å². The van der Waals surface area contributed by atoms with E-state index in [-0.39, 0.29) is 12.0 Å². The summed E-state index contributed by atoms with van der Waals surface area (Å²) in [5, 5.41) is 6.26. The van der Waals surface area contributed by atoms with Crippen LogP contribution in [0.3, 0.4) is 0 Å². The first-order valence-corrected chi connectivity index (χ1v) is 12.5. The number of anilines is 1. The predicted octanol–water partition coefficient (Wildman–Crippen LogP) is 2.83. The molecule has 0 saturated carbocycles. The maximum Gasteiger partial charge on any atom is 0.251 e. The Morgan fingerprint density at radius 1 is 1.34 bits per heavy atom. The highest BCUT2D eigenvalue weighted by atomic mass is 16.5. The van der Waals surface area contributed by atoms with E-state index in [0.717, 1.165) is 42.4 Å². The van der Waals surface area contributed by atoms with Crippen molar-refractivity contribution in [3.8, 4) is 17.1 Å². The molecule has 0 radical (unpaired) electrons. The molecular weight excluding hydrogens is 444 g/mol. The highest BCUT2D eigenvalue weighted by molar-refractivity contribution is 6.00. The molecule has 2 atom stereocenters. The molecule has 35 heavy (non-hydrogen) atoms.